The first-order valence-corrected chi connectivity index (χ1v) is 7.95. The van der Waals surface area contributed by atoms with Crippen molar-refractivity contribution in [2.24, 2.45) is 5.92 Å². The summed E-state index contributed by atoms with van der Waals surface area (Å²) < 4.78 is 15.2. The number of hydrogen-bond acceptors (Lipinski definition) is 3. The van der Waals surface area contributed by atoms with Crippen LogP contribution in [0.2, 0.25) is 0 Å². The molecule has 1 aliphatic rings. The van der Waals surface area contributed by atoms with Crippen molar-refractivity contribution in [3.63, 3.8) is 0 Å². The quantitative estimate of drug-likeness (QED) is 0.819. The summed E-state index contributed by atoms with van der Waals surface area (Å²) in [7, 11) is 0. The number of carboxylic acids is 1. The van der Waals surface area contributed by atoms with Crippen molar-refractivity contribution in [1.82, 2.24) is 4.72 Å². The van der Waals surface area contributed by atoms with Crippen molar-refractivity contribution in [1.29, 1.82) is 0 Å². The molecule has 2 atom stereocenters. The van der Waals surface area contributed by atoms with Crippen LogP contribution in [0.4, 0.5) is 0 Å². The number of carboxylic acid groups (broad SMARTS) is 1. The van der Waals surface area contributed by atoms with Crippen molar-refractivity contribution in [2.45, 2.75) is 44.4 Å². The van der Waals surface area contributed by atoms with Crippen LogP contribution < -0.4 is 4.72 Å². The molecule has 0 saturated heterocycles. The molecule has 0 heterocycles. The van der Waals surface area contributed by atoms with E-state index in [0.29, 0.717) is 5.92 Å². The summed E-state index contributed by atoms with van der Waals surface area (Å²) in [6.07, 6.45) is 2.25. The molecular weight excluding hydrogens is 274 g/mol. The van der Waals surface area contributed by atoms with Crippen molar-refractivity contribution in [2.75, 3.05) is 0 Å². The van der Waals surface area contributed by atoms with E-state index in [-0.39, 0.29) is 16.4 Å². The first kappa shape index (κ1) is 15.4. The Morgan fingerprint density at radius 3 is 2.30 bits per heavy atom. The zero-order chi connectivity index (χ0) is 14.9. The second-order valence-electron chi connectivity index (χ2n) is 6.24. The van der Waals surface area contributed by atoms with Crippen LogP contribution in [0.25, 0.3) is 0 Å². The third kappa shape index (κ3) is 3.75. The predicted octanol–water partition coefficient (Wildman–Crippen LogP) is 2.89. The van der Waals surface area contributed by atoms with Gasteiger partial charge in [-0.25, -0.2) is 4.79 Å². The molecule has 0 radical (unpaired) electrons. The highest BCUT2D eigenvalue weighted by atomic mass is 32.2. The lowest BCUT2D eigenvalue weighted by atomic mass is 10.0. The normalized spacial score (nSPS) is 18.6. The maximum Gasteiger partial charge on any atom is 0.335 e. The molecule has 1 aromatic carbocycles. The molecule has 1 aliphatic carbocycles. The van der Waals surface area contributed by atoms with Crippen molar-refractivity contribution in [3.05, 3.63) is 35.4 Å². The molecule has 4 nitrogen and oxygen atoms in total. The van der Waals surface area contributed by atoms with Gasteiger partial charge in [-0.1, -0.05) is 12.1 Å². The summed E-state index contributed by atoms with van der Waals surface area (Å²) in [5.74, 6) is -0.428. The minimum Gasteiger partial charge on any atom is -0.598 e. The van der Waals surface area contributed by atoms with Crippen molar-refractivity contribution >= 4 is 17.3 Å². The van der Waals surface area contributed by atoms with Crippen LogP contribution in [0.15, 0.2) is 24.3 Å². The lowest BCUT2D eigenvalue weighted by Gasteiger charge is -2.28. The second-order valence-corrected chi connectivity index (χ2v) is 8.24. The molecule has 1 fully saturated rings. The minimum absolute atomic E-state index is 0.0397. The Balaban J connectivity index is 2.14. The number of benzene rings is 1. The molecule has 5 heteroatoms. The highest BCUT2D eigenvalue weighted by Crippen LogP contribution is 2.42. The van der Waals surface area contributed by atoms with Gasteiger partial charge in [0, 0.05) is 11.4 Å². The maximum atomic E-state index is 12.3. The molecule has 0 amide bonds. The highest BCUT2D eigenvalue weighted by molar-refractivity contribution is 7.90. The Bertz CT molecular complexity index is 477. The van der Waals surface area contributed by atoms with Gasteiger partial charge in [0.2, 0.25) is 0 Å². The predicted molar refractivity (Wildman–Crippen MR) is 79.9 cm³/mol. The monoisotopic (exact) mass is 295 g/mol. The molecule has 0 bridgehead atoms. The van der Waals surface area contributed by atoms with Gasteiger partial charge in [0.15, 0.2) is 0 Å². The third-order valence-corrected chi connectivity index (χ3v) is 4.98. The van der Waals surface area contributed by atoms with Gasteiger partial charge in [0.25, 0.3) is 0 Å². The largest absolute Gasteiger partial charge is 0.598 e. The van der Waals surface area contributed by atoms with Gasteiger partial charge in [-0.15, -0.1) is 4.72 Å². The maximum absolute atomic E-state index is 12.3. The van der Waals surface area contributed by atoms with Gasteiger partial charge >= 0.3 is 5.97 Å². The summed E-state index contributed by atoms with van der Waals surface area (Å²) >= 11 is -1.13. The fraction of sp³-hybridized carbons (Fsp3) is 0.533. The van der Waals surface area contributed by atoms with Crippen LogP contribution in [-0.2, 0) is 11.4 Å². The van der Waals surface area contributed by atoms with Crippen LogP contribution in [0.3, 0.4) is 0 Å². The number of aromatic carboxylic acids is 1. The van der Waals surface area contributed by atoms with Crippen LogP contribution in [0, 0.1) is 5.92 Å². The number of carbonyl (C=O) groups is 1. The fourth-order valence-corrected chi connectivity index (χ4v) is 2.90. The molecule has 1 saturated carbocycles. The van der Waals surface area contributed by atoms with Gasteiger partial charge < -0.3 is 9.66 Å². The smallest absolute Gasteiger partial charge is 0.335 e. The second kappa shape index (κ2) is 5.76. The number of hydrogen-bond donors (Lipinski definition) is 2. The summed E-state index contributed by atoms with van der Waals surface area (Å²) in [6, 6.07) is 6.89. The molecule has 2 rings (SSSR count). The van der Waals surface area contributed by atoms with E-state index in [1.54, 1.807) is 12.1 Å². The van der Waals surface area contributed by atoms with Crippen LogP contribution >= 0.6 is 0 Å². The van der Waals surface area contributed by atoms with E-state index in [0.717, 1.165) is 18.4 Å². The van der Waals surface area contributed by atoms with Gasteiger partial charge in [-0.2, -0.15) is 0 Å². The fourth-order valence-electron chi connectivity index (χ4n) is 1.99. The van der Waals surface area contributed by atoms with E-state index in [2.05, 4.69) is 4.72 Å². The van der Waals surface area contributed by atoms with Gasteiger partial charge in [0.1, 0.15) is 4.75 Å². The average molecular weight is 295 g/mol. The van der Waals surface area contributed by atoms with Crippen LogP contribution in [0.5, 0.6) is 0 Å². The summed E-state index contributed by atoms with van der Waals surface area (Å²) in [6.45, 7) is 5.81. The molecule has 110 valence electrons. The van der Waals surface area contributed by atoms with Gasteiger partial charge in [0.05, 0.1) is 11.6 Å². The van der Waals surface area contributed by atoms with Gasteiger partial charge in [-0.05, 0) is 57.2 Å². The Morgan fingerprint density at radius 1 is 1.35 bits per heavy atom. The molecule has 0 aliphatic heterocycles. The SMILES string of the molecule is CC(C)(C)[S+]([O-])NC(c1ccc(C(=O)O)cc1)C1CC1. The molecule has 0 aromatic heterocycles. The van der Waals surface area contributed by atoms with Gasteiger partial charge in [-0.3, -0.25) is 0 Å². The Labute approximate surface area is 122 Å². The summed E-state index contributed by atoms with van der Waals surface area (Å²) in [5.41, 5.74) is 1.29. The zero-order valence-corrected chi connectivity index (χ0v) is 12.9. The number of nitrogens with one attached hydrogen (secondary N) is 1. The van der Waals surface area contributed by atoms with Crippen LogP contribution in [0.1, 0.15) is 55.6 Å². The first-order chi connectivity index (χ1) is 9.29. The standard InChI is InChI=1S/C15H21NO3S/c1-15(2,3)20(19)16-13(10-4-5-10)11-6-8-12(9-7-11)14(17)18/h6-10,13,16H,4-5H2,1-3H3,(H,17,18). The van der Waals surface area contributed by atoms with E-state index in [4.69, 9.17) is 5.11 Å². The zero-order valence-electron chi connectivity index (χ0n) is 12.1. The first-order valence-electron chi connectivity index (χ1n) is 6.80. The van der Waals surface area contributed by atoms with E-state index in [1.807, 2.05) is 32.9 Å². The molecular formula is C15H21NO3S. The van der Waals surface area contributed by atoms with E-state index in [1.165, 1.54) is 0 Å². The lowest BCUT2D eigenvalue weighted by molar-refractivity contribution is 0.0697. The van der Waals surface area contributed by atoms with Crippen molar-refractivity contribution in [3.8, 4) is 0 Å². The minimum atomic E-state index is -1.13. The average Bonchev–Trinajstić information content (AvgIpc) is 3.18. The van der Waals surface area contributed by atoms with E-state index in [9.17, 15) is 9.35 Å². The Hall–Kier alpha value is -1.04. The topological polar surface area (TPSA) is 72.4 Å². The third-order valence-electron chi connectivity index (χ3n) is 3.40. The summed E-state index contributed by atoms with van der Waals surface area (Å²) in [4.78, 5) is 10.9. The molecule has 0 spiro atoms. The molecule has 2 unspecified atom stereocenters. The number of rotatable bonds is 5. The Morgan fingerprint density at radius 2 is 1.90 bits per heavy atom. The Kier molecular flexibility index (Phi) is 4.42. The van der Waals surface area contributed by atoms with Crippen LogP contribution in [-0.4, -0.2) is 20.4 Å². The summed E-state index contributed by atoms with van der Waals surface area (Å²) in [5, 5.41) is 8.92. The van der Waals surface area contributed by atoms with E-state index < -0.39 is 17.3 Å². The molecule has 20 heavy (non-hydrogen) atoms. The lowest BCUT2D eigenvalue weighted by Crippen LogP contribution is -2.41. The molecule has 1 aromatic rings. The van der Waals surface area contributed by atoms with Crippen molar-refractivity contribution < 1.29 is 14.5 Å². The molecule has 2 N–H and O–H groups in total. The highest BCUT2D eigenvalue weighted by Gasteiger charge is 2.38. The van der Waals surface area contributed by atoms with E-state index >= 15 is 0 Å².